The zero-order chi connectivity index (χ0) is 22.1. The molecule has 4 aromatic rings. The summed E-state index contributed by atoms with van der Waals surface area (Å²) in [5.74, 6) is 1.89. The number of hydrogen-bond donors (Lipinski definition) is 0. The van der Waals surface area contributed by atoms with Gasteiger partial charge in [-0.2, -0.15) is 5.10 Å². The van der Waals surface area contributed by atoms with Crippen LogP contribution in [-0.4, -0.2) is 54.7 Å². The molecule has 0 radical (unpaired) electrons. The van der Waals surface area contributed by atoms with Crippen molar-refractivity contribution in [3.63, 3.8) is 0 Å². The molecule has 0 aliphatic carbocycles. The molecule has 3 aromatic heterocycles. The normalized spacial score (nSPS) is 16.1. The number of ether oxygens (including phenoxy) is 1. The predicted molar refractivity (Wildman–Crippen MR) is 120 cm³/mol. The smallest absolute Gasteiger partial charge is 0.260 e. The number of rotatable bonds is 6. The summed E-state index contributed by atoms with van der Waals surface area (Å²) >= 11 is 0. The van der Waals surface area contributed by atoms with Crippen LogP contribution < -0.4 is 4.74 Å². The first-order valence-corrected chi connectivity index (χ1v) is 10.9. The van der Waals surface area contributed by atoms with E-state index in [2.05, 4.69) is 14.5 Å². The third kappa shape index (κ3) is 3.84. The quantitative estimate of drug-likeness (QED) is 0.470. The maximum absolute atomic E-state index is 12.7. The minimum atomic E-state index is 0.00886. The Hall–Kier alpha value is -3.68. The van der Waals surface area contributed by atoms with Crippen molar-refractivity contribution >= 4 is 11.6 Å². The summed E-state index contributed by atoms with van der Waals surface area (Å²) in [6.45, 7) is 6.12. The second kappa shape index (κ2) is 8.45. The first kappa shape index (κ1) is 20.2. The van der Waals surface area contributed by atoms with E-state index in [0.29, 0.717) is 25.4 Å². The summed E-state index contributed by atoms with van der Waals surface area (Å²) < 4.78 is 9.70. The molecule has 4 heterocycles. The Morgan fingerprint density at radius 1 is 1.12 bits per heavy atom. The molecule has 164 valence electrons. The number of benzene rings is 1. The Morgan fingerprint density at radius 3 is 2.75 bits per heavy atom. The highest BCUT2D eigenvalue weighted by atomic mass is 16.5. The van der Waals surface area contributed by atoms with Crippen LogP contribution in [0.15, 0.2) is 55.0 Å². The number of aryl methyl sites for hydroxylation is 2. The molecular weight excluding hydrogens is 404 g/mol. The summed E-state index contributed by atoms with van der Waals surface area (Å²) in [6.07, 6.45) is 6.52. The molecule has 1 aliphatic heterocycles. The van der Waals surface area contributed by atoms with Gasteiger partial charge in [-0.3, -0.25) is 4.79 Å². The van der Waals surface area contributed by atoms with E-state index in [1.54, 1.807) is 6.20 Å². The molecule has 8 heteroatoms. The van der Waals surface area contributed by atoms with Crippen molar-refractivity contribution in [3.05, 3.63) is 77.8 Å². The van der Waals surface area contributed by atoms with Crippen molar-refractivity contribution in [2.75, 3.05) is 19.7 Å². The first-order chi connectivity index (χ1) is 15.6. The Labute approximate surface area is 186 Å². The molecular formula is C24H26N6O2. The maximum atomic E-state index is 12.7. The topological polar surface area (TPSA) is 77.5 Å². The molecule has 8 nitrogen and oxygen atoms in total. The van der Waals surface area contributed by atoms with Crippen LogP contribution in [0.4, 0.5) is 0 Å². The largest absolute Gasteiger partial charge is 0.484 e. The lowest BCUT2D eigenvalue weighted by atomic mass is 10.0. The van der Waals surface area contributed by atoms with Gasteiger partial charge in [0.25, 0.3) is 5.91 Å². The number of para-hydroxylation sites is 1. The second-order valence-electron chi connectivity index (χ2n) is 8.20. The number of amides is 1. The summed E-state index contributed by atoms with van der Waals surface area (Å²) in [5, 5.41) is 4.81. The molecule has 1 saturated heterocycles. The molecule has 0 N–H and O–H groups in total. The van der Waals surface area contributed by atoms with Crippen molar-refractivity contribution in [1.82, 2.24) is 29.0 Å². The van der Waals surface area contributed by atoms with Gasteiger partial charge < -0.3 is 14.2 Å². The van der Waals surface area contributed by atoms with Gasteiger partial charge >= 0.3 is 0 Å². The van der Waals surface area contributed by atoms with Crippen molar-refractivity contribution < 1.29 is 9.53 Å². The van der Waals surface area contributed by atoms with E-state index in [4.69, 9.17) is 9.84 Å². The average Bonchev–Trinajstić information content (AvgIpc) is 3.53. The van der Waals surface area contributed by atoms with Crippen molar-refractivity contribution in [2.24, 2.45) is 0 Å². The van der Waals surface area contributed by atoms with Gasteiger partial charge in [0.15, 0.2) is 12.3 Å². The molecule has 1 amide bonds. The number of hydrogen-bond acceptors (Lipinski definition) is 5. The van der Waals surface area contributed by atoms with Crippen molar-refractivity contribution in [3.8, 4) is 5.75 Å². The fourth-order valence-electron chi connectivity index (χ4n) is 4.33. The molecule has 0 unspecified atom stereocenters. The Kier molecular flexibility index (Phi) is 5.34. The van der Waals surface area contributed by atoms with Crippen LogP contribution in [-0.2, 0) is 11.3 Å². The molecule has 0 saturated carbocycles. The molecule has 0 spiro atoms. The van der Waals surface area contributed by atoms with Gasteiger partial charge in [0.05, 0.1) is 17.9 Å². The van der Waals surface area contributed by atoms with Crippen molar-refractivity contribution in [1.29, 1.82) is 0 Å². The van der Waals surface area contributed by atoms with E-state index in [9.17, 15) is 4.79 Å². The second-order valence-corrected chi connectivity index (χ2v) is 8.20. The van der Waals surface area contributed by atoms with Gasteiger partial charge in [0.1, 0.15) is 11.6 Å². The Balaban J connectivity index is 1.32. The average molecular weight is 431 g/mol. The lowest BCUT2D eigenvalue weighted by molar-refractivity contribution is -0.132. The summed E-state index contributed by atoms with van der Waals surface area (Å²) in [5.41, 5.74) is 4.01. The highest BCUT2D eigenvalue weighted by Gasteiger charge is 2.30. The van der Waals surface area contributed by atoms with Crippen LogP contribution in [0.2, 0.25) is 0 Å². The number of carbonyl (C=O) groups excluding carboxylic acids is 1. The lowest BCUT2D eigenvalue weighted by Gasteiger charge is -2.17. The van der Waals surface area contributed by atoms with Gasteiger partial charge in [0.2, 0.25) is 0 Å². The zero-order valence-electron chi connectivity index (χ0n) is 18.3. The number of aromatic nitrogens is 5. The van der Waals surface area contributed by atoms with Gasteiger partial charge in [-0.05, 0) is 38.5 Å². The van der Waals surface area contributed by atoms with E-state index >= 15 is 0 Å². The minimum Gasteiger partial charge on any atom is -0.484 e. The van der Waals surface area contributed by atoms with Gasteiger partial charge in [0, 0.05) is 43.2 Å². The number of carbonyl (C=O) groups is 1. The van der Waals surface area contributed by atoms with E-state index in [-0.39, 0.29) is 18.4 Å². The van der Waals surface area contributed by atoms with Crippen molar-refractivity contribution in [2.45, 2.75) is 32.7 Å². The van der Waals surface area contributed by atoms with Crippen LogP contribution >= 0.6 is 0 Å². The molecule has 5 rings (SSSR count). The fraction of sp³-hybridized carbons (Fsp3) is 0.333. The highest BCUT2D eigenvalue weighted by Crippen LogP contribution is 2.29. The van der Waals surface area contributed by atoms with Crippen LogP contribution in [0.1, 0.15) is 35.1 Å². The maximum Gasteiger partial charge on any atom is 0.260 e. The third-order valence-electron chi connectivity index (χ3n) is 6.16. The van der Waals surface area contributed by atoms with E-state index in [1.807, 2.05) is 72.1 Å². The van der Waals surface area contributed by atoms with E-state index in [1.165, 1.54) is 0 Å². The molecule has 0 bridgehead atoms. The van der Waals surface area contributed by atoms with Crippen LogP contribution in [0, 0.1) is 13.8 Å². The van der Waals surface area contributed by atoms with Gasteiger partial charge in [-0.1, -0.05) is 18.2 Å². The number of likely N-dealkylation sites (tertiary alicyclic amines) is 1. The monoisotopic (exact) mass is 430 g/mol. The zero-order valence-corrected chi connectivity index (χ0v) is 18.3. The summed E-state index contributed by atoms with van der Waals surface area (Å²) in [4.78, 5) is 23.5. The summed E-state index contributed by atoms with van der Waals surface area (Å²) in [6, 6.07) is 11.5. The fourth-order valence-corrected chi connectivity index (χ4v) is 4.33. The SMILES string of the molecule is Cc1nn2c([C@@H]3CCN(C(=O)COc4ccccc4)C3)ccnc2c1Cn1ccnc1C. The molecule has 1 fully saturated rings. The Morgan fingerprint density at radius 2 is 1.97 bits per heavy atom. The molecule has 1 atom stereocenters. The Bertz CT molecular complexity index is 1250. The van der Waals surface area contributed by atoms with Crippen LogP contribution in [0.3, 0.4) is 0 Å². The standard InChI is InChI=1S/C24H26N6O2/c1-17-21(15-28-13-11-25-18(28)2)24-26-10-8-22(30(24)27-17)19-9-12-29(14-19)23(31)16-32-20-6-4-3-5-7-20/h3-8,10-11,13,19H,9,12,14-16H2,1-2H3/t19-/m1/s1. The predicted octanol–water partition coefficient (Wildman–Crippen LogP) is 2.99. The number of nitrogens with zero attached hydrogens (tertiary/aromatic N) is 6. The van der Waals surface area contributed by atoms with Crippen LogP contribution in [0.5, 0.6) is 5.75 Å². The summed E-state index contributed by atoms with van der Waals surface area (Å²) in [7, 11) is 0. The molecule has 1 aromatic carbocycles. The van der Waals surface area contributed by atoms with Gasteiger partial charge in [-0.15, -0.1) is 0 Å². The van der Waals surface area contributed by atoms with Crippen LogP contribution in [0.25, 0.3) is 5.65 Å². The molecule has 1 aliphatic rings. The minimum absolute atomic E-state index is 0.00886. The van der Waals surface area contributed by atoms with Gasteiger partial charge in [-0.25, -0.2) is 14.5 Å². The lowest BCUT2D eigenvalue weighted by Crippen LogP contribution is -2.33. The first-order valence-electron chi connectivity index (χ1n) is 10.9. The number of imidazole rings is 1. The third-order valence-corrected chi connectivity index (χ3v) is 6.16. The molecule has 32 heavy (non-hydrogen) atoms. The van der Waals surface area contributed by atoms with E-state index in [0.717, 1.165) is 34.8 Å². The van der Waals surface area contributed by atoms with E-state index < -0.39 is 0 Å². The number of fused-ring (bicyclic) bond motifs is 1. The highest BCUT2D eigenvalue weighted by molar-refractivity contribution is 5.78.